The first kappa shape index (κ1) is 12.7. The van der Waals surface area contributed by atoms with E-state index in [1.54, 1.807) is 12.4 Å². The van der Waals surface area contributed by atoms with Crippen LogP contribution in [0.25, 0.3) is 0 Å². The fraction of sp³-hybridized carbons (Fsp3) is 0.333. The number of hydrogen-bond acceptors (Lipinski definition) is 3. The van der Waals surface area contributed by atoms with Gasteiger partial charge in [0, 0.05) is 18.4 Å². The second kappa shape index (κ2) is 6.87. The van der Waals surface area contributed by atoms with Gasteiger partial charge in [-0.05, 0) is 31.4 Å². The minimum Gasteiger partial charge on any atom is -0.307 e. The molecule has 1 aromatic heterocycles. The number of hydrogen-bond donors (Lipinski definition) is 1. The lowest BCUT2D eigenvalue weighted by molar-refractivity contribution is 0.504. The molecular formula is C15H19N3. The molecule has 18 heavy (non-hydrogen) atoms. The molecule has 3 heteroatoms. The van der Waals surface area contributed by atoms with E-state index in [0.29, 0.717) is 6.04 Å². The van der Waals surface area contributed by atoms with Crippen LogP contribution in [0.5, 0.6) is 0 Å². The van der Waals surface area contributed by atoms with Crippen LogP contribution < -0.4 is 5.32 Å². The summed E-state index contributed by atoms with van der Waals surface area (Å²) in [7, 11) is 0. The Balaban J connectivity index is 1.71. The van der Waals surface area contributed by atoms with E-state index in [0.717, 1.165) is 25.2 Å². The first-order valence-electron chi connectivity index (χ1n) is 6.38. The predicted molar refractivity (Wildman–Crippen MR) is 73.1 cm³/mol. The SMILES string of the molecule is CC(CCc1ccccc1)NCc1ncccn1. The fourth-order valence-corrected chi connectivity index (χ4v) is 1.82. The highest BCUT2D eigenvalue weighted by Crippen LogP contribution is 2.05. The summed E-state index contributed by atoms with van der Waals surface area (Å²) < 4.78 is 0. The molecule has 1 atom stereocenters. The number of rotatable bonds is 6. The third-order valence-electron chi connectivity index (χ3n) is 2.94. The van der Waals surface area contributed by atoms with Crippen LogP contribution in [-0.2, 0) is 13.0 Å². The van der Waals surface area contributed by atoms with E-state index >= 15 is 0 Å². The molecule has 0 aliphatic carbocycles. The normalized spacial score (nSPS) is 12.3. The van der Waals surface area contributed by atoms with Crippen molar-refractivity contribution in [1.82, 2.24) is 15.3 Å². The number of nitrogens with one attached hydrogen (secondary N) is 1. The van der Waals surface area contributed by atoms with Gasteiger partial charge in [0.2, 0.25) is 0 Å². The Morgan fingerprint density at radius 1 is 1.06 bits per heavy atom. The van der Waals surface area contributed by atoms with Gasteiger partial charge >= 0.3 is 0 Å². The van der Waals surface area contributed by atoms with Crippen LogP contribution in [-0.4, -0.2) is 16.0 Å². The van der Waals surface area contributed by atoms with Crippen LogP contribution >= 0.6 is 0 Å². The van der Waals surface area contributed by atoms with Crippen molar-refractivity contribution in [2.75, 3.05) is 0 Å². The second-order valence-electron chi connectivity index (χ2n) is 4.47. The summed E-state index contributed by atoms with van der Waals surface area (Å²) in [4.78, 5) is 8.39. The Bertz CT molecular complexity index is 398. The molecule has 2 aromatic rings. The molecule has 1 heterocycles. The van der Waals surface area contributed by atoms with Crippen molar-refractivity contribution in [2.45, 2.75) is 32.4 Å². The van der Waals surface area contributed by atoms with Crippen LogP contribution in [0.15, 0.2) is 48.8 Å². The maximum Gasteiger partial charge on any atom is 0.141 e. The van der Waals surface area contributed by atoms with Gasteiger partial charge in [-0.3, -0.25) is 0 Å². The van der Waals surface area contributed by atoms with Gasteiger partial charge in [-0.2, -0.15) is 0 Å². The van der Waals surface area contributed by atoms with E-state index in [-0.39, 0.29) is 0 Å². The molecule has 0 radical (unpaired) electrons. The average molecular weight is 241 g/mol. The van der Waals surface area contributed by atoms with Gasteiger partial charge in [-0.25, -0.2) is 9.97 Å². The standard InChI is InChI=1S/C15H19N3/c1-13(8-9-14-6-3-2-4-7-14)18-12-15-16-10-5-11-17-15/h2-7,10-11,13,18H,8-9,12H2,1H3. The summed E-state index contributed by atoms with van der Waals surface area (Å²) in [6.07, 6.45) is 5.78. The van der Waals surface area contributed by atoms with Crippen molar-refractivity contribution in [3.8, 4) is 0 Å². The number of aromatic nitrogens is 2. The first-order chi connectivity index (χ1) is 8.84. The summed E-state index contributed by atoms with van der Waals surface area (Å²) in [5.41, 5.74) is 1.39. The van der Waals surface area contributed by atoms with Crippen molar-refractivity contribution in [3.05, 3.63) is 60.2 Å². The molecule has 0 aliphatic heterocycles. The molecule has 0 spiro atoms. The predicted octanol–water partition coefficient (Wildman–Crippen LogP) is 2.59. The summed E-state index contributed by atoms with van der Waals surface area (Å²) >= 11 is 0. The van der Waals surface area contributed by atoms with Crippen LogP contribution in [0.3, 0.4) is 0 Å². The lowest BCUT2D eigenvalue weighted by atomic mass is 10.1. The van der Waals surface area contributed by atoms with Gasteiger partial charge in [0.15, 0.2) is 0 Å². The lowest BCUT2D eigenvalue weighted by Crippen LogP contribution is -2.26. The van der Waals surface area contributed by atoms with Crippen LogP contribution in [0.2, 0.25) is 0 Å². The maximum absolute atomic E-state index is 4.20. The van der Waals surface area contributed by atoms with Gasteiger partial charge in [0.25, 0.3) is 0 Å². The van der Waals surface area contributed by atoms with Gasteiger partial charge in [0.1, 0.15) is 5.82 Å². The van der Waals surface area contributed by atoms with E-state index in [9.17, 15) is 0 Å². The quantitative estimate of drug-likeness (QED) is 0.844. The summed E-state index contributed by atoms with van der Waals surface area (Å²) in [5, 5.41) is 3.44. The van der Waals surface area contributed by atoms with Crippen LogP contribution in [0, 0.1) is 0 Å². The maximum atomic E-state index is 4.20. The van der Waals surface area contributed by atoms with Gasteiger partial charge < -0.3 is 5.32 Å². The molecule has 1 aromatic carbocycles. The molecular weight excluding hydrogens is 222 g/mol. The minimum atomic E-state index is 0.467. The van der Waals surface area contributed by atoms with Crippen LogP contribution in [0.1, 0.15) is 24.7 Å². The highest BCUT2D eigenvalue weighted by Gasteiger charge is 2.03. The zero-order valence-corrected chi connectivity index (χ0v) is 10.7. The van der Waals surface area contributed by atoms with E-state index < -0.39 is 0 Å². The van der Waals surface area contributed by atoms with Gasteiger partial charge in [-0.15, -0.1) is 0 Å². The van der Waals surface area contributed by atoms with E-state index in [2.05, 4.69) is 52.5 Å². The molecule has 3 nitrogen and oxygen atoms in total. The molecule has 0 saturated carbocycles. The van der Waals surface area contributed by atoms with Crippen LogP contribution in [0.4, 0.5) is 0 Å². The van der Waals surface area contributed by atoms with E-state index in [1.165, 1.54) is 5.56 Å². The second-order valence-corrected chi connectivity index (χ2v) is 4.47. The van der Waals surface area contributed by atoms with Crippen molar-refractivity contribution < 1.29 is 0 Å². The molecule has 1 unspecified atom stereocenters. The van der Waals surface area contributed by atoms with E-state index in [1.807, 2.05) is 6.07 Å². The fourth-order valence-electron chi connectivity index (χ4n) is 1.82. The van der Waals surface area contributed by atoms with Crippen molar-refractivity contribution in [2.24, 2.45) is 0 Å². The number of benzene rings is 1. The molecule has 1 N–H and O–H groups in total. The Labute approximate surface area is 108 Å². The molecule has 2 rings (SSSR count). The first-order valence-corrected chi connectivity index (χ1v) is 6.38. The van der Waals surface area contributed by atoms with Crippen molar-refractivity contribution in [1.29, 1.82) is 0 Å². The zero-order valence-electron chi connectivity index (χ0n) is 10.7. The van der Waals surface area contributed by atoms with Crippen molar-refractivity contribution in [3.63, 3.8) is 0 Å². The molecule has 0 fully saturated rings. The Kier molecular flexibility index (Phi) is 4.85. The Morgan fingerprint density at radius 2 is 1.78 bits per heavy atom. The molecule has 0 bridgehead atoms. The highest BCUT2D eigenvalue weighted by molar-refractivity contribution is 5.14. The molecule has 0 saturated heterocycles. The zero-order chi connectivity index (χ0) is 12.6. The van der Waals surface area contributed by atoms with Gasteiger partial charge in [-0.1, -0.05) is 30.3 Å². The molecule has 94 valence electrons. The largest absolute Gasteiger partial charge is 0.307 e. The van der Waals surface area contributed by atoms with E-state index in [4.69, 9.17) is 0 Å². The molecule has 0 amide bonds. The third-order valence-corrected chi connectivity index (χ3v) is 2.94. The highest BCUT2D eigenvalue weighted by atomic mass is 15.0. The Hall–Kier alpha value is -1.74. The lowest BCUT2D eigenvalue weighted by Gasteiger charge is -2.12. The molecule has 0 aliphatic rings. The van der Waals surface area contributed by atoms with Gasteiger partial charge in [0.05, 0.1) is 6.54 Å². The minimum absolute atomic E-state index is 0.467. The smallest absolute Gasteiger partial charge is 0.141 e. The third kappa shape index (κ3) is 4.26. The Morgan fingerprint density at radius 3 is 2.50 bits per heavy atom. The number of nitrogens with zero attached hydrogens (tertiary/aromatic N) is 2. The summed E-state index contributed by atoms with van der Waals surface area (Å²) in [6, 6.07) is 12.9. The monoisotopic (exact) mass is 241 g/mol. The van der Waals surface area contributed by atoms with Crippen molar-refractivity contribution >= 4 is 0 Å². The summed E-state index contributed by atoms with van der Waals surface area (Å²) in [6.45, 7) is 2.93. The average Bonchev–Trinajstić information content (AvgIpc) is 2.45. The topological polar surface area (TPSA) is 37.8 Å². The number of aryl methyl sites for hydroxylation is 1. The summed E-state index contributed by atoms with van der Waals surface area (Å²) in [5.74, 6) is 0.851.